The van der Waals surface area contributed by atoms with E-state index in [1.807, 2.05) is 19.1 Å². The summed E-state index contributed by atoms with van der Waals surface area (Å²) >= 11 is 0. The molecular weight excluding hydrogens is 198 g/mol. The first kappa shape index (κ1) is 11.1. The van der Waals surface area contributed by atoms with Gasteiger partial charge in [0.2, 0.25) is 0 Å². The number of aliphatic hydroxyl groups is 1. The lowest BCUT2D eigenvalue weighted by Crippen LogP contribution is -2.23. The van der Waals surface area contributed by atoms with E-state index in [1.54, 1.807) is 0 Å². The Morgan fingerprint density at radius 1 is 1.12 bits per heavy atom. The van der Waals surface area contributed by atoms with Gasteiger partial charge in [-0.05, 0) is 28.9 Å². The molecule has 1 unspecified atom stereocenters. The zero-order valence-corrected chi connectivity index (χ0v) is 9.48. The van der Waals surface area contributed by atoms with Crippen molar-refractivity contribution in [2.24, 2.45) is 0 Å². The average Bonchev–Trinajstić information content (AvgIpc) is 2.35. The highest BCUT2D eigenvalue weighted by Gasteiger charge is 2.08. The molecule has 84 valence electrons. The van der Waals surface area contributed by atoms with Gasteiger partial charge in [-0.2, -0.15) is 0 Å². The Balaban J connectivity index is 2.37. The Bertz CT molecular complexity index is 467. The smallest absolute Gasteiger partial charge is 0.0626 e. The normalized spacial score (nSPS) is 12.9. The summed E-state index contributed by atoms with van der Waals surface area (Å²) < 4.78 is 0. The van der Waals surface area contributed by atoms with E-state index in [0.717, 1.165) is 12.1 Å². The van der Waals surface area contributed by atoms with Crippen LogP contribution < -0.4 is 5.32 Å². The predicted octanol–water partition coefficient (Wildman–Crippen LogP) is 2.48. The maximum atomic E-state index is 9.32. The molecule has 0 aliphatic heterocycles. The third kappa shape index (κ3) is 2.23. The lowest BCUT2D eigenvalue weighted by molar-refractivity contribution is 0.246. The molecule has 0 aromatic heterocycles. The van der Waals surface area contributed by atoms with Crippen LogP contribution in [0, 0.1) is 0 Å². The summed E-state index contributed by atoms with van der Waals surface area (Å²) in [6, 6.07) is 14.6. The van der Waals surface area contributed by atoms with Gasteiger partial charge in [0, 0.05) is 0 Å². The fourth-order valence-electron chi connectivity index (χ4n) is 1.96. The number of likely N-dealkylation sites (N-methyl/N-ethyl adjacent to an activating group) is 1. The number of fused-ring (bicyclic) bond motifs is 1. The van der Waals surface area contributed by atoms with Gasteiger partial charge in [0.15, 0.2) is 0 Å². The van der Waals surface area contributed by atoms with E-state index in [1.165, 1.54) is 10.8 Å². The molecule has 0 saturated carbocycles. The second-order valence-corrected chi connectivity index (χ2v) is 3.90. The van der Waals surface area contributed by atoms with Gasteiger partial charge >= 0.3 is 0 Å². The Morgan fingerprint density at radius 3 is 2.56 bits per heavy atom. The van der Waals surface area contributed by atoms with Crippen molar-refractivity contribution in [3.05, 3.63) is 48.0 Å². The van der Waals surface area contributed by atoms with Gasteiger partial charge in [-0.1, -0.05) is 43.3 Å². The summed E-state index contributed by atoms with van der Waals surface area (Å²) in [7, 11) is 0. The molecule has 0 aliphatic carbocycles. The Morgan fingerprint density at radius 2 is 1.88 bits per heavy atom. The summed E-state index contributed by atoms with van der Waals surface area (Å²) in [5.41, 5.74) is 1.14. The fraction of sp³-hybridized carbons (Fsp3) is 0.286. The molecule has 2 aromatic rings. The van der Waals surface area contributed by atoms with Gasteiger partial charge in [-0.25, -0.2) is 0 Å². The minimum absolute atomic E-state index is 0.0367. The van der Waals surface area contributed by atoms with Crippen LogP contribution in [0.4, 0.5) is 0 Å². The summed E-state index contributed by atoms with van der Waals surface area (Å²) in [5, 5.41) is 15.0. The molecule has 2 N–H and O–H groups in total. The minimum Gasteiger partial charge on any atom is -0.394 e. The highest BCUT2D eigenvalue weighted by molar-refractivity contribution is 5.83. The fourth-order valence-corrected chi connectivity index (χ4v) is 1.96. The van der Waals surface area contributed by atoms with Crippen LogP contribution in [0.3, 0.4) is 0 Å². The van der Waals surface area contributed by atoms with E-state index in [2.05, 4.69) is 35.6 Å². The molecule has 0 spiro atoms. The summed E-state index contributed by atoms with van der Waals surface area (Å²) in [6.45, 7) is 3.04. The van der Waals surface area contributed by atoms with Crippen LogP contribution in [0.5, 0.6) is 0 Å². The highest BCUT2D eigenvalue weighted by atomic mass is 16.3. The predicted molar refractivity (Wildman–Crippen MR) is 67.5 cm³/mol. The molecule has 0 amide bonds. The molecule has 0 aliphatic rings. The first-order valence-corrected chi connectivity index (χ1v) is 5.68. The van der Waals surface area contributed by atoms with Gasteiger partial charge in [-0.15, -0.1) is 0 Å². The van der Waals surface area contributed by atoms with Crippen LogP contribution in [-0.4, -0.2) is 18.3 Å². The van der Waals surface area contributed by atoms with E-state index < -0.39 is 0 Å². The standard InChI is InChI=1S/C14H17NO/c1-2-15-14(10-16)13-8-7-11-5-3-4-6-12(11)9-13/h3-9,14-16H,2,10H2,1H3. The van der Waals surface area contributed by atoms with Crippen molar-refractivity contribution in [2.75, 3.05) is 13.2 Å². The molecule has 0 fully saturated rings. The van der Waals surface area contributed by atoms with E-state index in [4.69, 9.17) is 0 Å². The van der Waals surface area contributed by atoms with Crippen molar-refractivity contribution in [2.45, 2.75) is 13.0 Å². The van der Waals surface area contributed by atoms with Gasteiger partial charge in [0.1, 0.15) is 0 Å². The van der Waals surface area contributed by atoms with Gasteiger partial charge in [0.25, 0.3) is 0 Å². The van der Waals surface area contributed by atoms with E-state index in [9.17, 15) is 5.11 Å². The number of hydrogen-bond acceptors (Lipinski definition) is 2. The summed E-state index contributed by atoms with van der Waals surface area (Å²) in [6.07, 6.45) is 0. The third-order valence-corrected chi connectivity index (χ3v) is 2.81. The molecule has 0 saturated heterocycles. The minimum atomic E-state index is 0.0367. The molecule has 0 heterocycles. The van der Waals surface area contributed by atoms with Crippen LogP contribution in [0.1, 0.15) is 18.5 Å². The number of rotatable bonds is 4. The Hall–Kier alpha value is -1.38. The van der Waals surface area contributed by atoms with Gasteiger partial charge < -0.3 is 10.4 Å². The second kappa shape index (κ2) is 5.10. The van der Waals surface area contributed by atoms with Gasteiger partial charge in [0.05, 0.1) is 12.6 Å². The largest absolute Gasteiger partial charge is 0.394 e. The highest BCUT2D eigenvalue weighted by Crippen LogP contribution is 2.20. The quantitative estimate of drug-likeness (QED) is 0.821. The monoisotopic (exact) mass is 215 g/mol. The van der Waals surface area contributed by atoms with Crippen LogP contribution >= 0.6 is 0 Å². The van der Waals surface area contributed by atoms with E-state index in [-0.39, 0.29) is 12.6 Å². The molecule has 2 rings (SSSR count). The maximum absolute atomic E-state index is 9.32. The lowest BCUT2D eigenvalue weighted by atomic mass is 10.0. The second-order valence-electron chi connectivity index (χ2n) is 3.90. The molecule has 0 bridgehead atoms. The van der Waals surface area contributed by atoms with Crippen LogP contribution in [0.2, 0.25) is 0 Å². The molecule has 2 aromatic carbocycles. The average molecular weight is 215 g/mol. The Kier molecular flexibility index (Phi) is 3.54. The van der Waals surface area contributed by atoms with E-state index >= 15 is 0 Å². The molecule has 1 atom stereocenters. The number of nitrogens with one attached hydrogen (secondary N) is 1. The molecule has 0 radical (unpaired) electrons. The zero-order valence-electron chi connectivity index (χ0n) is 9.48. The van der Waals surface area contributed by atoms with Crippen molar-refractivity contribution in [1.29, 1.82) is 0 Å². The molecule has 2 nitrogen and oxygen atoms in total. The topological polar surface area (TPSA) is 32.3 Å². The van der Waals surface area contributed by atoms with Gasteiger partial charge in [-0.3, -0.25) is 0 Å². The van der Waals surface area contributed by atoms with Crippen molar-refractivity contribution in [1.82, 2.24) is 5.32 Å². The lowest BCUT2D eigenvalue weighted by Gasteiger charge is -2.15. The van der Waals surface area contributed by atoms with Crippen molar-refractivity contribution in [3.8, 4) is 0 Å². The van der Waals surface area contributed by atoms with Crippen molar-refractivity contribution in [3.63, 3.8) is 0 Å². The van der Waals surface area contributed by atoms with Crippen molar-refractivity contribution < 1.29 is 5.11 Å². The number of hydrogen-bond donors (Lipinski definition) is 2. The summed E-state index contributed by atoms with van der Waals surface area (Å²) in [4.78, 5) is 0. The first-order valence-electron chi connectivity index (χ1n) is 5.68. The molecule has 2 heteroatoms. The third-order valence-electron chi connectivity index (χ3n) is 2.81. The first-order chi connectivity index (χ1) is 7.85. The Labute approximate surface area is 95.9 Å². The SMILES string of the molecule is CCNC(CO)c1ccc2ccccc2c1. The summed E-state index contributed by atoms with van der Waals surface area (Å²) in [5.74, 6) is 0. The number of benzene rings is 2. The maximum Gasteiger partial charge on any atom is 0.0626 e. The zero-order chi connectivity index (χ0) is 11.4. The molecular formula is C14H17NO. The van der Waals surface area contributed by atoms with Crippen molar-refractivity contribution >= 4 is 10.8 Å². The number of aliphatic hydroxyl groups excluding tert-OH is 1. The van der Waals surface area contributed by atoms with Crippen LogP contribution in [0.15, 0.2) is 42.5 Å². The molecule has 16 heavy (non-hydrogen) atoms. The van der Waals surface area contributed by atoms with E-state index in [0.29, 0.717) is 0 Å². The van der Waals surface area contributed by atoms with Crippen LogP contribution in [0.25, 0.3) is 10.8 Å². The van der Waals surface area contributed by atoms with Crippen LogP contribution in [-0.2, 0) is 0 Å².